The van der Waals surface area contributed by atoms with E-state index in [0.29, 0.717) is 6.42 Å². The topological polar surface area (TPSA) is 43.1 Å². The molecule has 0 N–H and O–H groups in total. The van der Waals surface area contributed by atoms with Gasteiger partial charge in [-0.1, -0.05) is 18.7 Å². The summed E-state index contributed by atoms with van der Waals surface area (Å²) in [6, 6.07) is 13.5. The average molecular weight is 385 g/mol. The molecule has 5 heteroatoms. The summed E-state index contributed by atoms with van der Waals surface area (Å²) in [7, 11) is 0. The van der Waals surface area contributed by atoms with Crippen molar-refractivity contribution in [1.29, 1.82) is 0 Å². The van der Waals surface area contributed by atoms with Crippen molar-refractivity contribution in [2.45, 2.75) is 23.1 Å². The van der Waals surface area contributed by atoms with Gasteiger partial charge in [-0.25, -0.2) is 0 Å². The van der Waals surface area contributed by atoms with Crippen LogP contribution in [0.1, 0.15) is 12.5 Å². The van der Waals surface area contributed by atoms with Crippen LogP contribution in [0, 0.1) is 13.7 Å². The van der Waals surface area contributed by atoms with E-state index in [0.717, 1.165) is 15.4 Å². The molecule has 0 saturated heterocycles. The second kappa shape index (κ2) is 6.38. The third kappa shape index (κ3) is 3.70. The molecule has 2 rings (SSSR count). The zero-order valence-electron chi connectivity index (χ0n) is 10.3. The summed E-state index contributed by atoms with van der Waals surface area (Å²) < 4.78 is 1.19. The molecule has 0 radical (unpaired) electrons. The smallest absolute Gasteiger partial charge is 0.258 e. The molecule has 98 valence electrons. The van der Waals surface area contributed by atoms with Gasteiger partial charge in [-0.2, -0.15) is 0 Å². The van der Waals surface area contributed by atoms with E-state index in [-0.39, 0.29) is 10.6 Å². The lowest BCUT2D eigenvalue weighted by Gasteiger charge is -2.05. The predicted molar refractivity (Wildman–Crippen MR) is 85.8 cm³/mol. The third-order valence-corrected chi connectivity index (χ3v) is 4.39. The van der Waals surface area contributed by atoms with E-state index in [2.05, 4.69) is 46.9 Å². The van der Waals surface area contributed by atoms with Gasteiger partial charge >= 0.3 is 0 Å². The molecule has 0 aliphatic carbocycles. The summed E-state index contributed by atoms with van der Waals surface area (Å²) >= 11 is 3.89. The van der Waals surface area contributed by atoms with E-state index < -0.39 is 0 Å². The van der Waals surface area contributed by atoms with Crippen LogP contribution in [0.4, 0.5) is 5.69 Å². The van der Waals surface area contributed by atoms with Crippen LogP contribution in [0.3, 0.4) is 0 Å². The number of hydrogen-bond acceptors (Lipinski definition) is 3. The van der Waals surface area contributed by atoms with Crippen LogP contribution in [0.2, 0.25) is 0 Å². The Hall–Kier alpha value is -1.08. The fourth-order valence-electron chi connectivity index (χ4n) is 1.73. The van der Waals surface area contributed by atoms with Crippen molar-refractivity contribution in [2.75, 3.05) is 0 Å². The van der Waals surface area contributed by atoms with Crippen molar-refractivity contribution in [1.82, 2.24) is 0 Å². The molecule has 0 atom stereocenters. The number of nitro benzene ring substituents is 1. The summed E-state index contributed by atoms with van der Waals surface area (Å²) in [5.41, 5.74) is 0.981. The molecule has 19 heavy (non-hydrogen) atoms. The first-order chi connectivity index (χ1) is 9.10. The van der Waals surface area contributed by atoms with Gasteiger partial charge in [0, 0.05) is 25.0 Å². The molecule has 0 heterocycles. The lowest BCUT2D eigenvalue weighted by Crippen LogP contribution is -1.94. The van der Waals surface area contributed by atoms with Gasteiger partial charge in [0.15, 0.2) is 0 Å². The minimum Gasteiger partial charge on any atom is -0.258 e. The molecule has 0 aromatic heterocycles. The number of nitrogens with zero attached hydrogens (tertiary/aromatic N) is 1. The molecule has 0 saturated carbocycles. The summed E-state index contributed by atoms with van der Waals surface area (Å²) in [6.45, 7) is 1.93. The van der Waals surface area contributed by atoms with Crippen LogP contribution >= 0.6 is 34.4 Å². The van der Waals surface area contributed by atoms with Crippen LogP contribution < -0.4 is 0 Å². The van der Waals surface area contributed by atoms with Crippen molar-refractivity contribution < 1.29 is 4.92 Å². The number of nitro groups is 1. The maximum absolute atomic E-state index is 10.9. The predicted octanol–water partition coefficient (Wildman–Crippen LogP) is 4.91. The first-order valence-corrected chi connectivity index (χ1v) is 7.70. The fraction of sp³-hybridized carbons (Fsp3) is 0.143. The van der Waals surface area contributed by atoms with Crippen molar-refractivity contribution in [2.24, 2.45) is 0 Å². The Morgan fingerprint density at radius 1 is 1.16 bits per heavy atom. The summed E-state index contributed by atoms with van der Waals surface area (Å²) in [5.74, 6) is 0. The van der Waals surface area contributed by atoms with Gasteiger partial charge in [-0.15, -0.1) is 0 Å². The maximum Gasteiger partial charge on any atom is 0.272 e. The number of halogens is 1. The van der Waals surface area contributed by atoms with Crippen LogP contribution in [0.5, 0.6) is 0 Å². The number of aryl methyl sites for hydroxylation is 1. The van der Waals surface area contributed by atoms with Crippen LogP contribution in [-0.2, 0) is 6.42 Å². The second-order valence-corrected chi connectivity index (χ2v) is 6.35. The highest BCUT2D eigenvalue weighted by molar-refractivity contribution is 14.1. The number of hydrogen-bond donors (Lipinski definition) is 0. The number of benzene rings is 2. The van der Waals surface area contributed by atoms with Gasteiger partial charge in [-0.3, -0.25) is 10.1 Å². The van der Waals surface area contributed by atoms with Gasteiger partial charge in [-0.05, 0) is 65.4 Å². The standard InChI is InChI=1S/C14H12INO2S/c1-2-10-9-13(7-8-14(10)16(17)18)19-12-5-3-11(15)4-6-12/h3-9H,2H2,1H3. The Bertz CT molecular complexity index is 599. The maximum atomic E-state index is 10.9. The molecule has 0 unspecified atom stereocenters. The van der Waals surface area contributed by atoms with Gasteiger partial charge in [0.2, 0.25) is 0 Å². The zero-order valence-corrected chi connectivity index (χ0v) is 13.3. The van der Waals surface area contributed by atoms with Crippen molar-refractivity contribution >= 4 is 40.0 Å². The normalized spacial score (nSPS) is 10.4. The molecule has 2 aromatic rings. The van der Waals surface area contributed by atoms with Crippen LogP contribution in [0.15, 0.2) is 52.3 Å². The van der Waals surface area contributed by atoms with E-state index >= 15 is 0 Å². The summed E-state index contributed by atoms with van der Waals surface area (Å²) in [6.07, 6.45) is 0.664. The molecule has 0 spiro atoms. The molecule has 0 bridgehead atoms. The van der Waals surface area contributed by atoms with E-state index in [4.69, 9.17) is 0 Å². The first kappa shape index (κ1) is 14.3. The van der Waals surface area contributed by atoms with Gasteiger partial charge in [0.05, 0.1) is 4.92 Å². The Labute approximate surface area is 129 Å². The highest BCUT2D eigenvalue weighted by Gasteiger charge is 2.12. The van der Waals surface area contributed by atoms with E-state index in [1.165, 1.54) is 3.57 Å². The average Bonchev–Trinajstić information content (AvgIpc) is 2.41. The Morgan fingerprint density at radius 2 is 1.79 bits per heavy atom. The van der Waals surface area contributed by atoms with Crippen molar-refractivity contribution in [3.63, 3.8) is 0 Å². The van der Waals surface area contributed by atoms with E-state index in [1.54, 1.807) is 23.9 Å². The monoisotopic (exact) mass is 385 g/mol. The molecule has 0 aliphatic heterocycles. The van der Waals surface area contributed by atoms with E-state index in [1.807, 2.05) is 13.0 Å². The first-order valence-electron chi connectivity index (χ1n) is 5.81. The second-order valence-electron chi connectivity index (χ2n) is 3.96. The molecular formula is C14H12INO2S. The van der Waals surface area contributed by atoms with Crippen LogP contribution in [-0.4, -0.2) is 4.92 Å². The minimum absolute atomic E-state index is 0.203. The summed E-state index contributed by atoms with van der Waals surface area (Å²) in [4.78, 5) is 12.7. The van der Waals surface area contributed by atoms with E-state index in [9.17, 15) is 10.1 Å². The number of rotatable bonds is 4. The SMILES string of the molecule is CCc1cc(Sc2ccc(I)cc2)ccc1[N+](=O)[O-]. The highest BCUT2D eigenvalue weighted by atomic mass is 127. The Balaban J connectivity index is 2.26. The van der Waals surface area contributed by atoms with Crippen molar-refractivity contribution in [3.05, 3.63) is 61.7 Å². The Morgan fingerprint density at radius 3 is 2.37 bits per heavy atom. The molecule has 0 aliphatic rings. The van der Waals surface area contributed by atoms with Crippen molar-refractivity contribution in [3.8, 4) is 0 Å². The zero-order chi connectivity index (χ0) is 13.8. The fourth-order valence-corrected chi connectivity index (χ4v) is 2.97. The lowest BCUT2D eigenvalue weighted by atomic mass is 10.1. The summed E-state index contributed by atoms with van der Waals surface area (Å²) in [5, 5.41) is 10.9. The third-order valence-electron chi connectivity index (χ3n) is 2.68. The highest BCUT2D eigenvalue weighted by Crippen LogP contribution is 2.31. The lowest BCUT2D eigenvalue weighted by molar-refractivity contribution is -0.385. The van der Waals surface area contributed by atoms with Crippen LogP contribution in [0.25, 0.3) is 0 Å². The van der Waals surface area contributed by atoms with Gasteiger partial charge in [0.1, 0.15) is 0 Å². The molecule has 2 aromatic carbocycles. The quantitative estimate of drug-likeness (QED) is 0.427. The molecular weight excluding hydrogens is 373 g/mol. The Kier molecular flexibility index (Phi) is 4.81. The molecule has 3 nitrogen and oxygen atoms in total. The van der Waals surface area contributed by atoms with Gasteiger partial charge < -0.3 is 0 Å². The molecule has 0 fully saturated rings. The minimum atomic E-state index is -0.321. The largest absolute Gasteiger partial charge is 0.272 e. The molecule has 0 amide bonds. The van der Waals surface area contributed by atoms with Gasteiger partial charge in [0.25, 0.3) is 5.69 Å².